The molecule has 6 nitrogen and oxygen atoms in total. The van der Waals surface area contributed by atoms with Crippen molar-refractivity contribution in [2.45, 2.75) is 39.6 Å². The molecule has 0 amide bonds. The van der Waals surface area contributed by atoms with Crippen LogP contribution in [0.4, 0.5) is 0 Å². The molecule has 0 aliphatic heterocycles. The summed E-state index contributed by atoms with van der Waals surface area (Å²) in [5.41, 5.74) is 3.53. The highest BCUT2D eigenvalue weighted by Crippen LogP contribution is 2.13. The number of hydrogen-bond acceptors (Lipinski definition) is 3. The zero-order valence-electron chi connectivity index (χ0n) is 18.0. The first-order valence-electron chi connectivity index (χ1n) is 10.5. The van der Waals surface area contributed by atoms with E-state index in [0.717, 1.165) is 32.0 Å². The molecule has 7 heteroatoms. The summed E-state index contributed by atoms with van der Waals surface area (Å²) >= 11 is 0. The van der Waals surface area contributed by atoms with Crippen LogP contribution >= 0.6 is 24.0 Å². The first-order chi connectivity index (χ1) is 14.8. The van der Waals surface area contributed by atoms with Gasteiger partial charge in [-0.1, -0.05) is 54.6 Å². The Morgan fingerprint density at radius 2 is 1.74 bits per heavy atom. The van der Waals surface area contributed by atoms with E-state index in [1.54, 1.807) is 6.20 Å². The van der Waals surface area contributed by atoms with E-state index in [4.69, 9.17) is 9.73 Å². The summed E-state index contributed by atoms with van der Waals surface area (Å²) in [5, 5.41) is 10.9. The number of rotatable bonds is 11. The number of ether oxygens (including phenoxy) is 1. The average molecular weight is 533 g/mol. The van der Waals surface area contributed by atoms with E-state index in [2.05, 4.69) is 53.0 Å². The average Bonchev–Trinajstić information content (AvgIpc) is 3.30. The number of guanidine groups is 1. The highest BCUT2D eigenvalue weighted by Gasteiger charge is 2.04. The summed E-state index contributed by atoms with van der Waals surface area (Å²) in [6, 6.07) is 20.5. The lowest BCUT2D eigenvalue weighted by Crippen LogP contribution is -2.38. The Hall–Kier alpha value is -2.39. The monoisotopic (exact) mass is 533 g/mol. The van der Waals surface area contributed by atoms with Crippen LogP contribution in [0.5, 0.6) is 0 Å². The van der Waals surface area contributed by atoms with Crippen LogP contribution in [0.25, 0.3) is 0 Å². The second-order valence-corrected chi connectivity index (χ2v) is 6.99. The summed E-state index contributed by atoms with van der Waals surface area (Å²) in [6.07, 6.45) is 4.77. The molecule has 2 N–H and O–H groups in total. The van der Waals surface area contributed by atoms with Gasteiger partial charge in [0.05, 0.1) is 19.8 Å². The topological polar surface area (TPSA) is 63.5 Å². The van der Waals surface area contributed by atoms with Crippen molar-refractivity contribution in [3.63, 3.8) is 0 Å². The van der Waals surface area contributed by atoms with Crippen LogP contribution in [0.1, 0.15) is 30.0 Å². The molecular weight excluding hydrogens is 501 g/mol. The van der Waals surface area contributed by atoms with Crippen LogP contribution in [-0.2, 0) is 31.0 Å². The van der Waals surface area contributed by atoms with Crippen molar-refractivity contribution in [2.24, 2.45) is 4.99 Å². The molecule has 0 fully saturated rings. The zero-order valence-corrected chi connectivity index (χ0v) is 20.4. The van der Waals surface area contributed by atoms with E-state index in [1.165, 1.54) is 16.7 Å². The number of nitrogens with zero attached hydrogens (tertiary/aromatic N) is 3. The Kier molecular flexibility index (Phi) is 11.7. The van der Waals surface area contributed by atoms with Crippen molar-refractivity contribution in [1.82, 2.24) is 20.4 Å². The molecule has 166 valence electrons. The molecule has 31 heavy (non-hydrogen) atoms. The number of aromatic nitrogens is 2. The highest BCUT2D eigenvalue weighted by atomic mass is 127. The fourth-order valence-corrected chi connectivity index (χ4v) is 3.09. The number of halogens is 1. The second-order valence-electron chi connectivity index (χ2n) is 6.99. The number of benzene rings is 2. The highest BCUT2D eigenvalue weighted by molar-refractivity contribution is 14.0. The Morgan fingerprint density at radius 3 is 2.48 bits per heavy atom. The van der Waals surface area contributed by atoms with Crippen LogP contribution in [0.15, 0.2) is 78.0 Å². The molecule has 1 heterocycles. The van der Waals surface area contributed by atoms with Gasteiger partial charge < -0.3 is 15.4 Å². The summed E-state index contributed by atoms with van der Waals surface area (Å²) in [7, 11) is 0. The third-order valence-electron chi connectivity index (χ3n) is 4.65. The predicted octanol–water partition coefficient (Wildman–Crippen LogP) is 4.36. The van der Waals surface area contributed by atoms with Gasteiger partial charge in [0.2, 0.25) is 0 Å². The third-order valence-corrected chi connectivity index (χ3v) is 4.65. The number of hydrogen-bond donors (Lipinski definition) is 2. The van der Waals surface area contributed by atoms with Crippen molar-refractivity contribution in [3.8, 4) is 0 Å². The van der Waals surface area contributed by atoms with Gasteiger partial charge >= 0.3 is 0 Å². The largest absolute Gasteiger partial charge is 0.372 e. The normalized spacial score (nSPS) is 11.1. The number of aryl methyl sites for hydroxylation is 1. The van der Waals surface area contributed by atoms with Crippen LogP contribution in [0.3, 0.4) is 0 Å². The molecule has 0 aliphatic carbocycles. The lowest BCUT2D eigenvalue weighted by molar-refractivity contribution is 0.106. The van der Waals surface area contributed by atoms with E-state index >= 15 is 0 Å². The van der Waals surface area contributed by atoms with E-state index < -0.39 is 0 Å². The minimum atomic E-state index is 0. The molecule has 0 unspecified atom stereocenters. The van der Waals surface area contributed by atoms with Crippen molar-refractivity contribution >= 4 is 29.9 Å². The Labute approximate surface area is 202 Å². The molecule has 0 saturated heterocycles. The van der Waals surface area contributed by atoms with Crippen molar-refractivity contribution in [1.29, 1.82) is 0 Å². The molecule has 3 aromatic rings. The summed E-state index contributed by atoms with van der Waals surface area (Å²) < 4.78 is 7.87. The smallest absolute Gasteiger partial charge is 0.191 e. The van der Waals surface area contributed by atoms with E-state index in [1.807, 2.05) is 41.2 Å². The van der Waals surface area contributed by atoms with Gasteiger partial charge in [0, 0.05) is 32.0 Å². The van der Waals surface area contributed by atoms with Gasteiger partial charge in [-0.15, -0.1) is 24.0 Å². The van der Waals surface area contributed by atoms with Gasteiger partial charge in [-0.3, -0.25) is 4.68 Å². The quantitative estimate of drug-likeness (QED) is 0.166. The summed E-state index contributed by atoms with van der Waals surface area (Å²) in [4.78, 5) is 4.76. The zero-order chi connectivity index (χ0) is 20.9. The first-order valence-corrected chi connectivity index (χ1v) is 10.5. The molecule has 0 aliphatic rings. The number of nitrogens with one attached hydrogen (secondary N) is 2. The van der Waals surface area contributed by atoms with Gasteiger partial charge in [-0.05, 0) is 36.1 Å². The minimum absolute atomic E-state index is 0. The lowest BCUT2D eigenvalue weighted by atomic mass is 10.1. The van der Waals surface area contributed by atoms with E-state index in [-0.39, 0.29) is 24.0 Å². The van der Waals surface area contributed by atoms with Crippen molar-refractivity contribution < 1.29 is 4.74 Å². The summed E-state index contributed by atoms with van der Waals surface area (Å²) in [6.45, 7) is 6.43. The first kappa shape index (κ1) is 24.9. The van der Waals surface area contributed by atoms with Gasteiger partial charge in [0.15, 0.2) is 5.96 Å². The fourth-order valence-electron chi connectivity index (χ4n) is 3.09. The molecule has 1 aromatic heterocycles. The molecule has 0 bridgehead atoms. The SMILES string of the molecule is CCNC(=NCc1ccccc1COCc1ccccc1)NCCCn1cccn1.I. The molecule has 0 radical (unpaired) electrons. The van der Waals surface area contributed by atoms with E-state index in [9.17, 15) is 0 Å². The van der Waals surface area contributed by atoms with Crippen molar-refractivity contribution in [3.05, 3.63) is 89.7 Å². The third kappa shape index (κ3) is 9.10. The van der Waals surface area contributed by atoms with Gasteiger partial charge in [-0.2, -0.15) is 5.10 Å². The lowest BCUT2D eigenvalue weighted by Gasteiger charge is -2.13. The molecular formula is C24H32IN5O. The molecule has 0 spiro atoms. The predicted molar refractivity (Wildman–Crippen MR) is 136 cm³/mol. The molecule has 0 atom stereocenters. The van der Waals surface area contributed by atoms with Crippen molar-refractivity contribution in [2.75, 3.05) is 13.1 Å². The second kappa shape index (κ2) is 14.6. The maximum Gasteiger partial charge on any atom is 0.191 e. The molecule has 3 rings (SSSR count). The summed E-state index contributed by atoms with van der Waals surface area (Å²) in [5.74, 6) is 0.831. The Balaban J connectivity index is 0.00000341. The fraction of sp³-hybridized carbons (Fsp3) is 0.333. The Bertz CT molecular complexity index is 884. The number of aliphatic imine (C=N–C) groups is 1. The van der Waals surface area contributed by atoms with E-state index in [0.29, 0.717) is 19.8 Å². The van der Waals surface area contributed by atoms with Gasteiger partial charge in [-0.25, -0.2) is 4.99 Å². The van der Waals surface area contributed by atoms with Gasteiger partial charge in [0.25, 0.3) is 0 Å². The molecule has 2 aromatic carbocycles. The minimum Gasteiger partial charge on any atom is -0.372 e. The standard InChI is InChI=1S/C24H31N5O.HI/c1-2-25-24(26-14-8-16-29-17-9-15-28-29)27-18-22-12-6-7-13-23(22)20-30-19-21-10-4-3-5-11-21;/h3-7,9-13,15,17H,2,8,14,16,18-20H2,1H3,(H2,25,26,27);1H. The van der Waals surface area contributed by atoms with Crippen LogP contribution in [0.2, 0.25) is 0 Å². The Morgan fingerprint density at radius 1 is 0.968 bits per heavy atom. The maximum atomic E-state index is 5.93. The van der Waals surface area contributed by atoms with Crippen LogP contribution in [-0.4, -0.2) is 28.8 Å². The van der Waals surface area contributed by atoms with Crippen LogP contribution in [0, 0.1) is 0 Å². The van der Waals surface area contributed by atoms with Crippen LogP contribution < -0.4 is 10.6 Å². The van der Waals surface area contributed by atoms with Gasteiger partial charge in [0.1, 0.15) is 0 Å². The maximum absolute atomic E-state index is 5.93. The molecule has 0 saturated carbocycles.